The van der Waals surface area contributed by atoms with Crippen LogP contribution in [0.1, 0.15) is 26.3 Å². The van der Waals surface area contributed by atoms with Gasteiger partial charge in [-0.1, -0.05) is 32.9 Å². The number of benzene rings is 2. The van der Waals surface area contributed by atoms with Gasteiger partial charge in [0.25, 0.3) is 5.91 Å². The minimum absolute atomic E-state index is 0.0285. The summed E-state index contributed by atoms with van der Waals surface area (Å²) in [5.74, 6) is 0.477. The summed E-state index contributed by atoms with van der Waals surface area (Å²) in [5.41, 5.74) is 8.29. The summed E-state index contributed by atoms with van der Waals surface area (Å²) in [4.78, 5) is 11.8. The van der Waals surface area contributed by atoms with E-state index < -0.39 is 0 Å². The summed E-state index contributed by atoms with van der Waals surface area (Å²) in [7, 11) is 0. The van der Waals surface area contributed by atoms with Gasteiger partial charge in [0, 0.05) is 11.4 Å². The van der Waals surface area contributed by atoms with E-state index in [1.54, 1.807) is 24.3 Å². The molecule has 2 aromatic carbocycles. The molecule has 0 unspecified atom stereocenters. The molecule has 0 aromatic heterocycles. The van der Waals surface area contributed by atoms with Crippen molar-refractivity contribution in [2.75, 3.05) is 17.7 Å². The number of nitrogen functional groups attached to an aromatic ring is 1. The van der Waals surface area contributed by atoms with Crippen LogP contribution < -0.4 is 15.8 Å². The Morgan fingerprint density at radius 3 is 2.18 bits per heavy atom. The molecule has 0 saturated carbocycles. The van der Waals surface area contributed by atoms with Crippen molar-refractivity contribution in [2.45, 2.75) is 26.2 Å². The van der Waals surface area contributed by atoms with E-state index in [0.717, 1.165) is 0 Å². The van der Waals surface area contributed by atoms with Gasteiger partial charge in [-0.05, 0) is 47.4 Å². The molecule has 0 spiro atoms. The molecular formula is C18H22N2O2. The van der Waals surface area contributed by atoms with Gasteiger partial charge in [-0.25, -0.2) is 0 Å². The second-order valence-electron chi connectivity index (χ2n) is 6.23. The standard InChI is InChI=1S/C18H22N2O2/c1-18(2,3)13-4-10-16(11-5-13)22-12-17(21)20-15-8-6-14(19)7-9-15/h4-11H,12,19H2,1-3H3,(H,20,21). The zero-order valence-corrected chi connectivity index (χ0v) is 13.2. The maximum atomic E-state index is 11.8. The Morgan fingerprint density at radius 2 is 1.64 bits per heavy atom. The highest BCUT2D eigenvalue weighted by atomic mass is 16.5. The van der Waals surface area contributed by atoms with Crippen LogP contribution in [-0.4, -0.2) is 12.5 Å². The molecule has 0 aliphatic carbocycles. The van der Waals surface area contributed by atoms with E-state index in [-0.39, 0.29) is 17.9 Å². The number of carbonyl (C=O) groups excluding carboxylic acids is 1. The van der Waals surface area contributed by atoms with Gasteiger partial charge in [-0.3, -0.25) is 4.79 Å². The molecule has 0 aliphatic heterocycles. The Hall–Kier alpha value is -2.49. The minimum Gasteiger partial charge on any atom is -0.484 e. The quantitative estimate of drug-likeness (QED) is 0.848. The van der Waals surface area contributed by atoms with Crippen LogP contribution in [0, 0.1) is 0 Å². The normalized spacial score (nSPS) is 11.0. The second kappa shape index (κ2) is 6.52. The monoisotopic (exact) mass is 298 g/mol. The summed E-state index contributed by atoms with van der Waals surface area (Å²) in [6, 6.07) is 14.8. The van der Waals surface area contributed by atoms with Crippen molar-refractivity contribution in [3.63, 3.8) is 0 Å². The molecule has 0 aliphatic rings. The average Bonchev–Trinajstić information content (AvgIpc) is 2.47. The van der Waals surface area contributed by atoms with Crippen LogP contribution >= 0.6 is 0 Å². The van der Waals surface area contributed by atoms with Gasteiger partial charge in [-0.15, -0.1) is 0 Å². The number of anilines is 2. The van der Waals surface area contributed by atoms with Crippen molar-refractivity contribution in [3.8, 4) is 5.75 Å². The summed E-state index contributed by atoms with van der Waals surface area (Å²) >= 11 is 0. The first-order valence-electron chi connectivity index (χ1n) is 7.23. The zero-order valence-electron chi connectivity index (χ0n) is 13.2. The van der Waals surface area contributed by atoms with Crippen LogP contribution in [0.25, 0.3) is 0 Å². The van der Waals surface area contributed by atoms with E-state index in [1.165, 1.54) is 5.56 Å². The van der Waals surface area contributed by atoms with Crippen LogP contribution in [0.5, 0.6) is 5.75 Å². The zero-order chi connectivity index (χ0) is 16.2. The van der Waals surface area contributed by atoms with Gasteiger partial charge in [-0.2, -0.15) is 0 Å². The van der Waals surface area contributed by atoms with E-state index in [0.29, 0.717) is 17.1 Å². The molecule has 1 amide bonds. The van der Waals surface area contributed by atoms with Crippen LogP contribution in [0.4, 0.5) is 11.4 Å². The molecule has 4 nitrogen and oxygen atoms in total. The Kier molecular flexibility index (Phi) is 4.71. The van der Waals surface area contributed by atoms with Crippen LogP contribution in [0.15, 0.2) is 48.5 Å². The van der Waals surface area contributed by atoms with Crippen molar-refractivity contribution < 1.29 is 9.53 Å². The number of nitrogens with two attached hydrogens (primary N) is 1. The lowest BCUT2D eigenvalue weighted by Gasteiger charge is -2.19. The molecule has 0 bridgehead atoms. The lowest BCUT2D eigenvalue weighted by atomic mass is 9.87. The molecule has 2 rings (SSSR count). The van der Waals surface area contributed by atoms with Gasteiger partial charge in [0.2, 0.25) is 0 Å². The van der Waals surface area contributed by atoms with Crippen molar-refractivity contribution >= 4 is 17.3 Å². The van der Waals surface area contributed by atoms with E-state index in [4.69, 9.17) is 10.5 Å². The molecule has 2 aromatic rings. The highest BCUT2D eigenvalue weighted by Crippen LogP contribution is 2.24. The van der Waals surface area contributed by atoms with E-state index >= 15 is 0 Å². The van der Waals surface area contributed by atoms with Gasteiger partial charge >= 0.3 is 0 Å². The SMILES string of the molecule is CC(C)(C)c1ccc(OCC(=O)Nc2ccc(N)cc2)cc1. The fraction of sp³-hybridized carbons (Fsp3) is 0.278. The van der Waals surface area contributed by atoms with Crippen LogP contribution in [0.2, 0.25) is 0 Å². The van der Waals surface area contributed by atoms with E-state index in [9.17, 15) is 4.79 Å². The largest absolute Gasteiger partial charge is 0.484 e. The minimum atomic E-state index is -0.204. The van der Waals surface area contributed by atoms with Crippen molar-refractivity contribution in [3.05, 3.63) is 54.1 Å². The Balaban J connectivity index is 1.87. The topological polar surface area (TPSA) is 64.3 Å². The van der Waals surface area contributed by atoms with Gasteiger partial charge in [0.1, 0.15) is 5.75 Å². The lowest BCUT2D eigenvalue weighted by molar-refractivity contribution is -0.118. The molecule has 22 heavy (non-hydrogen) atoms. The smallest absolute Gasteiger partial charge is 0.262 e. The molecule has 0 heterocycles. The molecule has 0 saturated heterocycles. The third kappa shape index (κ3) is 4.52. The summed E-state index contributed by atoms with van der Waals surface area (Å²) < 4.78 is 5.49. The third-order valence-corrected chi connectivity index (χ3v) is 3.28. The number of nitrogens with one attached hydrogen (secondary N) is 1. The predicted molar refractivity (Wildman–Crippen MR) is 90.1 cm³/mol. The van der Waals surface area contributed by atoms with Gasteiger partial charge in [0.15, 0.2) is 6.61 Å². The highest BCUT2D eigenvalue weighted by Gasteiger charge is 2.13. The number of ether oxygens (including phenoxy) is 1. The predicted octanol–water partition coefficient (Wildman–Crippen LogP) is 3.58. The Morgan fingerprint density at radius 1 is 1.05 bits per heavy atom. The van der Waals surface area contributed by atoms with E-state index in [2.05, 4.69) is 26.1 Å². The highest BCUT2D eigenvalue weighted by molar-refractivity contribution is 5.92. The summed E-state index contributed by atoms with van der Waals surface area (Å²) in [6.45, 7) is 6.44. The first kappa shape index (κ1) is 15.9. The maximum Gasteiger partial charge on any atom is 0.262 e. The fourth-order valence-electron chi connectivity index (χ4n) is 1.96. The number of hydrogen-bond acceptors (Lipinski definition) is 3. The molecular weight excluding hydrogens is 276 g/mol. The van der Waals surface area contributed by atoms with Crippen molar-refractivity contribution in [1.29, 1.82) is 0 Å². The maximum absolute atomic E-state index is 11.8. The molecule has 3 N–H and O–H groups in total. The number of rotatable bonds is 4. The summed E-state index contributed by atoms with van der Waals surface area (Å²) in [6.07, 6.45) is 0. The number of carbonyl (C=O) groups is 1. The Bertz CT molecular complexity index is 626. The molecule has 116 valence electrons. The first-order valence-corrected chi connectivity index (χ1v) is 7.23. The van der Waals surface area contributed by atoms with E-state index in [1.807, 2.05) is 24.3 Å². The molecule has 0 atom stereocenters. The second-order valence-corrected chi connectivity index (χ2v) is 6.23. The lowest BCUT2D eigenvalue weighted by Crippen LogP contribution is -2.20. The van der Waals surface area contributed by atoms with Crippen molar-refractivity contribution in [1.82, 2.24) is 0 Å². The van der Waals surface area contributed by atoms with Gasteiger partial charge in [0.05, 0.1) is 0 Å². The molecule has 4 heteroatoms. The number of amides is 1. The first-order chi connectivity index (χ1) is 10.3. The van der Waals surface area contributed by atoms with Crippen molar-refractivity contribution in [2.24, 2.45) is 0 Å². The third-order valence-electron chi connectivity index (χ3n) is 3.28. The number of hydrogen-bond donors (Lipinski definition) is 2. The van der Waals surface area contributed by atoms with Crippen LogP contribution in [-0.2, 0) is 10.2 Å². The van der Waals surface area contributed by atoms with Crippen LogP contribution in [0.3, 0.4) is 0 Å². The average molecular weight is 298 g/mol. The molecule has 0 radical (unpaired) electrons. The summed E-state index contributed by atoms with van der Waals surface area (Å²) in [5, 5.41) is 2.76. The Labute approximate surface area is 131 Å². The van der Waals surface area contributed by atoms with Gasteiger partial charge < -0.3 is 15.8 Å². The molecule has 0 fully saturated rings. The fourth-order valence-corrected chi connectivity index (χ4v) is 1.96.